The number of benzene rings is 1. The topological polar surface area (TPSA) is 62.3 Å². The largest absolute Gasteiger partial charge is 0.379 e. The number of anilines is 3. The van der Waals surface area contributed by atoms with Gasteiger partial charge in [0.2, 0.25) is 5.95 Å². The van der Waals surface area contributed by atoms with Crippen LogP contribution in [0.2, 0.25) is 0 Å². The van der Waals surface area contributed by atoms with E-state index in [1.54, 1.807) is 0 Å². The SMILES string of the molecule is Cc1cnc(Nc2cccc(CCN3CCOCC3)c2)nc1NC(C)C.Cl. The number of halogens is 1. The summed E-state index contributed by atoms with van der Waals surface area (Å²) in [6.45, 7) is 11.0. The highest BCUT2D eigenvalue weighted by Crippen LogP contribution is 2.19. The molecule has 1 saturated heterocycles. The van der Waals surface area contributed by atoms with Crippen molar-refractivity contribution in [3.05, 3.63) is 41.6 Å². The summed E-state index contributed by atoms with van der Waals surface area (Å²) >= 11 is 0. The molecule has 1 fully saturated rings. The van der Waals surface area contributed by atoms with Gasteiger partial charge in [0.15, 0.2) is 0 Å². The fourth-order valence-electron chi connectivity index (χ4n) is 2.97. The van der Waals surface area contributed by atoms with Gasteiger partial charge < -0.3 is 15.4 Å². The second-order valence-corrected chi connectivity index (χ2v) is 7.05. The highest BCUT2D eigenvalue weighted by molar-refractivity contribution is 5.85. The first-order valence-corrected chi connectivity index (χ1v) is 9.36. The minimum Gasteiger partial charge on any atom is -0.379 e. The van der Waals surface area contributed by atoms with Gasteiger partial charge in [-0.2, -0.15) is 4.98 Å². The van der Waals surface area contributed by atoms with Gasteiger partial charge in [0.25, 0.3) is 0 Å². The Morgan fingerprint density at radius 3 is 2.74 bits per heavy atom. The molecule has 7 heteroatoms. The lowest BCUT2D eigenvalue weighted by Gasteiger charge is -2.26. The minimum absolute atomic E-state index is 0. The zero-order valence-electron chi connectivity index (χ0n) is 16.4. The van der Waals surface area contributed by atoms with Crippen LogP contribution in [-0.2, 0) is 11.2 Å². The number of rotatable bonds is 7. The van der Waals surface area contributed by atoms with Crippen LogP contribution in [0.5, 0.6) is 0 Å². The molecule has 0 unspecified atom stereocenters. The van der Waals surface area contributed by atoms with E-state index in [2.05, 4.69) is 63.6 Å². The standard InChI is InChI=1S/C20H29N5O.ClH/c1-15(2)22-19-16(3)14-21-20(24-19)23-18-6-4-5-17(13-18)7-8-25-9-11-26-12-10-25;/h4-6,13-15H,7-12H2,1-3H3,(H2,21,22,23,24);1H. The third-order valence-electron chi connectivity index (χ3n) is 4.40. The Kier molecular flexibility index (Phi) is 8.28. The van der Waals surface area contributed by atoms with Crippen molar-refractivity contribution in [1.82, 2.24) is 14.9 Å². The van der Waals surface area contributed by atoms with E-state index in [0.717, 1.165) is 56.3 Å². The smallest absolute Gasteiger partial charge is 0.229 e. The zero-order chi connectivity index (χ0) is 18.4. The summed E-state index contributed by atoms with van der Waals surface area (Å²) in [7, 11) is 0. The second-order valence-electron chi connectivity index (χ2n) is 7.05. The molecule has 1 aromatic carbocycles. The van der Waals surface area contributed by atoms with Gasteiger partial charge in [-0.3, -0.25) is 4.90 Å². The molecule has 6 nitrogen and oxygen atoms in total. The predicted molar refractivity (Wildman–Crippen MR) is 113 cm³/mol. The lowest BCUT2D eigenvalue weighted by molar-refractivity contribution is 0.0384. The average Bonchev–Trinajstić information content (AvgIpc) is 2.64. The number of ether oxygens (including phenoxy) is 1. The lowest BCUT2D eigenvalue weighted by Crippen LogP contribution is -2.37. The first-order valence-electron chi connectivity index (χ1n) is 9.36. The molecule has 27 heavy (non-hydrogen) atoms. The van der Waals surface area contributed by atoms with Crippen molar-refractivity contribution in [3.63, 3.8) is 0 Å². The van der Waals surface area contributed by atoms with Crippen molar-refractivity contribution in [1.29, 1.82) is 0 Å². The van der Waals surface area contributed by atoms with Crippen LogP contribution >= 0.6 is 12.4 Å². The van der Waals surface area contributed by atoms with Crippen molar-refractivity contribution in [3.8, 4) is 0 Å². The van der Waals surface area contributed by atoms with E-state index in [-0.39, 0.29) is 12.4 Å². The summed E-state index contributed by atoms with van der Waals surface area (Å²) in [6.07, 6.45) is 2.88. The van der Waals surface area contributed by atoms with Gasteiger partial charge in [0.1, 0.15) is 5.82 Å². The van der Waals surface area contributed by atoms with Gasteiger partial charge in [0.05, 0.1) is 13.2 Å². The number of hydrogen-bond donors (Lipinski definition) is 2. The maximum absolute atomic E-state index is 5.41. The molecule has 0 saturated carbocycles. The lowest BCUT2D eigenvalue weighted by atomic mass is 10.1. The van der Waals surface area contributed by atoms with E-state index in [1.807, 2.05) is 13.1 Å². The molecule has 2 N–H and O–H groups in total. The van der Waals surface area contributed by atoms with E-state index in [0.29, 0.717) is 12.0 Å². The molecule has 0 radical (unpaired) electrons. The van der Waals surface area contributed by atoms with E-state index in [1.165, 1.54) is 5.56 Å². The number of morpholine rings is 1. The molecule has 1 aliphatic heterocycles. The third-order valence-corrected chi connectivity index (χ3v) is 4.40. The van der Waals surface area contributed by atoms with E-state index < -0.39 is 0 Å². The quantitative estimate of drug-likeness (QED) is 0.751. The van der Waals surface area contributed by atoms with E-state index >= 15 is 0 Å². The molecule has 0 bridgehead atoms. The highest BCUT2D eigenvalue weighted by Gasteiger charge is 2.10. The van der Waals surface area contributed by atoms with Gasteiger partial charge in [0, 0.05) is 43.1 Å². The fourth-order valence-corrected chi connectivity index (χ4v) is 2.97. The number of aromatic nitrogens is 2. The Morgan fingerprint density at radius 1 is 1.22 bits per heavy atom. The van der Waals surface area contributed by atoms with Crippen molar-refractivity contribution in [2.24, 2.45) is 0 Å². The summed E-state index contributed by atoms with van der Waals surface area (Å²) in [6, 6.07) is 8.82. The Balaban J connectivity index is 0.00000261. The van der Waals surface area contributed by atoms with Crippen LogP contribution in [-0.4, -0.2) is 53.8 Å². The molecule has 2 aromatic rings. The van der Waals surface area contributed by atoms with Crippen LogP contribution in [0, 0.1) is 6.92 Å². The third kappa shape index (κ3) is 6.65. The molecule has 0 aliphatic carbocycles. The summed E-state index contributed by atoms with van der Waals surface area (Å²) < 4.78 is 5.41. The molecule has 0 spiro atoms. The number of hydrogen-bond acceptors (Lipinski definition) is 6. The first kappa shape index (κ1) is 21.4. The van der Waals surface area contributed by atoms with Crippen molar-refractivity contribution < 1.29 is 4.74 Å². The molecule has 148 valence electrons. The summed E-state index contributed by atoms with van der Waals surface area (Å²) in [5.74, 6) is 1.49. The summed E-state index contributed by atoms with van der Waals surface area (Å²) in [5.41, 5.74) is 3.38. The molecule has 3 rings (SSSR count). The van der Waals surface area contributed by atoms with Crippen molar-refractivity contribution in [2.75, 3.05) is 43.5 Å². The van der Waals surface area contributed by atoms with E-state index in [4.69, 9.17) is 4.74 Å². The Morgan fingerprint density at radius 2 is 2.00 bits per heavy atom. The Labute approximate surface area is 168 Å². The predicted octanol–water partition coefficient (Wildman–Crippen LogP) is 3.65. The fraction of sp³-hybridized carbons (Fsp3) is 0.500. The Hall–Kier alpha value is -1.89. The maximum Gasteiger partial charge on any atom is 0.229 e. The van der Waals surface area contributed by atoms with E-state index in [9.17, 15) is 0 Å². The van der Waals surface area contributed by atoms with Crippen LogP contribution < -0.4 is 10.6 Å². The van der Waals surface area contributed by atoms with Gasteiger partial charge in [-0.15, -0.1) is 12.4 Å². The minimum atomic E-state index is 0. The van der Waals surface area contributed by atoms with Gasteiger partial charge >= 0.3 is 0 Å². The summed E-state index contributed by atoms with van der Waals surface area (Å²) in [5, 5.41) is 6.69. The molecule has 1 aliphatic rings. The molecular formula is C20H30ClN5O. The molecule has 1 aromatic heterocycles. The van der Waals surface area contributed by atoms with Crippen molar-refractivity contribution in [2.45, 2.75) is 33.2 Å². The zero-order valence-corrected chi connectivity index (χ0v) is 17.2. The van der Waals surface area contributed by atoms with Crippen LogP contribution in [0.1, 0.15) is 25.0 Å². The number of nitrogens with one attached hydrogen (secondary N) is 2. The molecule has 0 atom stereocenters. The van der Waals surface area contributed by atoms with Gasteiger partial charge in [-0.1, -0.05) is 12.1 Å². The normalized spacial score (nSPS) is 14.7. The molecule has 0 amide bonds. The van der Waals surface area contributed by atoms with Crippen LogP contribution in [0.25, 0.3) is 0 Å². The van der Waals surface area contributed by atoms with Crippen LogP contribution in [0.15, 0.2) is 30.5 Å². The summed E-state index contributed by atoms with van der Waals surface area (Å²) in [4.78, 5) is 11.5. The first-order chi connectivity index (χ1) is 12.6. The number of nitrogens with zero attached hydrogens (tertiary/aromatic N) is 3. The van der Waals surface area contributed by atoms with Crippen molar-refractivity contribution >= 4 is 29.9 Å². The second kappa shape index (κ2) is 10.4. The molecule has 2 heterocycles. The van der Waals surface area contributed by atoms with Gasteiger partial charge in [-0.25, -0.2) is 4.98 Å². The highest BCUT2D eigenvalue weighted by atomic mass is 35.5. The maximum atomic E-state index is 5.41. The molecular weight excluding hydrogens is 362 g/mol. The average molecular weight is 392 g/mol. The Bertz CT molecular complexity index is 719. The monoisotopic (exact) mass is 391 g/mol. The van der Waals surface area contributed by atoms with Gasteiger partial charge in [-0.05, 0) is 44.9 Å². The van der Waals surface area contributed by atoms with Crippen LogP contribution in [0.3, 0.4) is 0 Å². The van der Waals surface area contributed by atoms with Crippen LogP contribution in [0.4, 0.5) is 17.5 Å². The number of aryl methyl sites for hydroxylation is 1.